The molecule has 0 aromatic carbocycles. The number of ether oxygens (including phenoxy) is 2. The van der Waals surface area contributed by atoms with Crippen molar-refractivity contribution >= 4 is 29.5 Å². The first-order valence-electron chi connectivity index (χ1n) is 21.3. The van der Waals surface area contributed by atoms with Crippen LogP contribution in [0.5, 0.6) is 0 Å². The normalized spacial score (nSPS) is 44.1. The summed E-state index contributed by atoms with van der Waals surface area (Å²) >= 11 is 0. The Balaban J connectivity index is 0.874. The third kappa shape index (κ3) is 5.64. The molecular weight excluding hydrogens is 693 g/mol. The number of hydrogen-bond donors (Lipinski definition) is 1. The average molecular weight is 753 g/mol. The van der Waals surface area contributed by atoms with Gasteiger partial charge < -0.3 is 14.6 Å². The van der Waals surface area contributed by atoms with Gasteiger partial charge in [-0.05, 0) is 144 Å². The third-order valence-electron chi connectivity index (χ3n) is 17.3. The van der Waals surface area contributed by atoms with E-state index in [1.165, 1.54) is 18.4 Å². The Morgan fingerprint density at radius 3 is 2.40 bits per heavy atom. The number of carbonyl (C=O) groups excluding carboxylic acids is 5. The van der Waals surface area contributed by atoms with Crippen LogP contribution in [0, 0.1) is 57.7 Å². The lowest BCUT2D eigenvalue weighted by Gasteiger charge is -2.57. The summed E-state index contributed by atoms with van der Waals surface area (Å²) in [5, 5.41) is 12.0. The van der Waals surface area contributed by atoms with Crippen molar-refractivity contribution in [1.29, 1.82) is 0 Å². The van der Waals surface area contributed by atoms with E-state index in [1.54, 1.807) is 24.6 Å². The minimum absolute atomic E-state index is 0.00347. The molecule has 0 heterocycles. The maximum Gasteiger partial charge on any atom is 0.346 e. The van der Waals surface area contributed by atoms with Crippen molar-refractivity contribution in [2.75, 3.05) is 0 Å². The minimum atomic E-state index is -1.98. The van der Waals surface area contributed by atoms with E-state index in [4.69, 9.17) is 9.47 Å². The molecule has 7 unspecified atom stereocenters. The molecule has 6 fully saturated rings. The van der Waals surface area contributed by atoms with E-state index in [1.807, 2.05) is 19.1 Å². The molecule has 0 spiro atoms. The second kappa shape index (κ2) is 13.6. The van der Waals surface area contributed by atoms with Crippen molar-refractivity contribution in [1.82, 2.24) is 0 Å². The first kappa shape index (κ1) is 38.5. The van der Waals surface area contributed by atoms with E-state index < -0.39 is 34.0 Å². The second-order valence-electron chi connectivity index (χ2n) is 19.2. The van der Waals surface area contributed by atoms with Crippen LogP contribution < -0.4 is 0 Å². The fourth-order valence-electron chi connectivity index (χ4n) is 14.6. The molecule has 0 amide bonds. The Kier molecular flexibility index (Phi) is 9.53. The third-order valence-corrected chi connectivity index (χ3v) is 17.3. The van der Waals surface area contributed by atoms with Crippen LogP contribution in [0.2, 0.25) is 0 Å². The number of fused-ring (bicyclic) bond motifs is 10. The van der Waals surface area contributed by atoms with Crippen molar-refractivity contribution in [3.05, 3.63) is 60.3 Å². The predicted octanol–water partition coefficient (Wildman–Crippen LogP) is 8.43. The molecule has 0 aromatic rings. The SMILES string of the molecule is C=C[C@]1(OC(=O)CCCC(=O)OC(=O)[C@@]2(O)CCC3C4CCC5=CC(=O)C=C[C@]5(C)C4C(=O)C[C@@]32C)CCC2C3CCC4=CC(=C)CCC4C3CC[C@@]21CC. The summed E-state index contributed by atoms with van der Waals surface area (Å²) in [5.41, 5.74) is -0.665. The molecule has 1 N–H and O–H groups in total. The molecule has 0 aromatic heterocycles. The van der Waals surface area contributed by atoms with Crippen molar-refractivity contribution < 1.29 is 38.6 Å². The maximum absolute atomic E-state index is 13.9. The van der Waals surface area contributed by atoms with E-state index in [0.717, 1.165) is 50.5 Å². The monoisotopic (exact) mass is 752 g/mol. The number of Topliss-reactive ketones (excluding diaryl/α,β-unsaturated/α-hetero) is 1. The molecule has 8 heteroatoms. The summed E-state index contributed by atoms with van der Waals surface area (Å²) < 4.78 is 11.8. The smallest absolute Gasteiger partial charge is 0.346 e. The Bertz CT molecular complexity index is 1820. The highest BCUT2D eigenvalue weighted by Crippen LogP contribution is 2.68. The lowest BCUT2D eigenvalue weighted by Crippen LogP contribution is -2.60. The van der Waals surface area contributed by atoms with E-state index in [0.29, 0.717) is 42.9 Å². The average Bonchev–Trinajstić information content (AvgIpc) is 3.62. The standard InChI is InChI=1S/C47H60O8/c1-6-45-22-18-33-32-14-11-28(3)25-29(32)12-15-34(33)37(45)19-23-46(45,7-2)55-40(51)10-8-9-39(50)54-42(52)47(53)24-20-36-35-16-13-30-26-31(48)17-21-43(30,4)41(35)38(49)27-44(36,47)5/h7,17,21,25-26,32-37,41,53H,2-3,6,8-16,18-20,22-24,27H2,1,4-5H3/t32?,33?,34?,35?,36?,37?,41?,43-,44-,45-,46-,47-/m0/s1. The molecule has 6 saturated carbocycles. The summed E-state index contributed by atoms with van der Waals surface area (Å²) in [5.74, 6) is -0.338. The van der Waals surface area contributed by atoms with Crippen LogP contribution in [-0.2, 0) is 33.4 Å². The quantitative estimate of drug-likeness (QED) is 0.149. The van der Waals surface area contributed by atoms with Crippen LogP contribution in [0.4, 0.5) is 0 Å². The highest BCUT2D eigenvalue weighted by atomic mass is 16.6. The van der Waals surface area contributed by atoms with Gasteiger partial charge in [-0.25, -0.2) is 4.79 Å². The Hall–Kier alpha value is -3.39. The van der Waals surface area contributed by atoms with Gasteiger partial charge in [-0.3, -0.25) is 19.2 Å². The van der Waals surface area contributed by atoms with Gasteiger partial charge in [-0.15, -0.1) is 0 Å². The number of aliphatic hydroxyl groups is 1. The summed E-state index contributed by atoms with van der Waals surface area (Å²) in [7, 11) is 0. The Morgan fingerprint density at radius 1 is 0.891 bits per heavy atom. The first-order valence-corrected chi connectivity index (χ1v) is 21.3. The van der Waals surface area contributed by atoms with Crippen molar-refractivity contribution in [3.8, 4) is 0 Å². The van der Waals surface area contributed by atoms with Crippen LogP contribution in [0.1, 0.15) is 130 Å². The number of esters is 3. The Labute approximate surface area is 326 Å². The molecule has 0 saturated heterocycles. The van der Waals surface area contributed by atoms with Crippen LogP contribution >= 0.6 is 0 Å². The summed E-state index contributed by atoms with van der Waals surface area (Å²) in [6.45, 7) is 14.5. The topological polar surface area (TPSA) is 124 Å². The number of ketones is 2. The lowest BCUT2D eigenvalue weighted by molar-refractivity contribution is -0.190. The molecule has 8 aliphatic rings. The zero-order valence-corrected chi connectivity index (χ0v) is 33.2. The van der Waals surface area contributed by atoms with E-state index in [-0.39, 0.29) is 72.8 Å². The van der Waals surface area contributed by atoms with Crippen molar-refractivity contribution in [3.63, 3.8) is 0 Å². The Morgan fingerprint density at radius 2 is 1.64 bits per heavy atom. The molecule has 12 atom stereocenters. The highest BCUT2D eigenvalue weighted by molar-refractivity contribution is 6.02. The molecular formula is C47H60O8. The van der Waals surface area contributed by atoms with Gasteiger partial charge in [0, 0.05) is 41.4 Å². The van der Waals surface area contributed by atoms with Gasteiger partial charge >= 0.3 is 17.9 Å². The second-order valence-corrected chi connectivity index (χ2v) is 19.2. The summed E-state index contributed by atoms with van der Waals surface area (Å²) in [4.78, 5) is 66.3. The van der Waals surface area contributed by atoms with Gasteiger partial charge in [0.05, 0.1) is 0 Å². The van der Waals surface area contributed by atoms with Gasteiger partial charge in [0.15, 0.2) is 11.4 Å². The molecule has 55 heavy (non-hydrogen) atoms. The molecule has 0 bridgehead atoms. The van der Waals surface area contributed by atoms with Crippen molar-refractivity contribution in [2.24, 2.45) is 57.7 Å². The number of hydrogen-bond acceptors (Lipinski definition) is 8. The van der Waals surface area contributed by atoms with Crippen LogP contribution in [0.25, 0.3) is 0 Å². The predicted molar refractivity (Wildman–Crippen MR) is 207 cm³/mol. The largest absolute Gasteiger partial charge is 0.454 e. The molecule has 8 rings (SSSR count). The number of rotatable bonds is 8. The fraction of sp³-hybridized carbons (Fsp3) is 0.681. The summed E-state index contributed by atoms with van der Waals surface area (Å²) in [6, 6.07) is 0. The molecule has 8 aliphatic carbocycles. The van der Waals surface area contributed by atoms with Gasteiger partial charge in [0.2, 0.25) is 0 Å². The molecule has 296 valence electrons. The van der Waals surface area contributed by atoms with Crippen LogP contribution in [0.15, 0.2) is 60.3 Å². The van der Waals surface area contributed by atoms with Crippen molar-refractivity contribution in [2.45, 2.75) is 141 Å². The van der Waals surface area contributed by atoms with Crippen LogP contribution in [0.3, 0.4) is 0 Å². The van der Waals surface area contributed by atoms with Gasteiger partial charge in [-0.1, -0.05) is 62.8 Å². The number of carbonyl (C=O) groups is 5. The minimum Gasteiger partial charge on any atom is -0.454 e. The van der Waals surface area contributed by atoms with E-state index >= 15 is 0 Å². The molecule has 0 aliphatic heterocycles. The molecule has 0 radical (unpaired) electrons. The van der Waals surface area contributed by atoms with Gasteiger partial charge in [-0.2, -0.15) is 0 Å². The van der Waals surface area contributed by atoms with Gasteiger partial charge in [0.1, 0.15) is 11.4 Å². The van der Waals surface area contributed by atoms with Gasteiger partial charge in [0.25, 0.3) is 0 Å². The van der Waals surface area contributed by atoms with E-state index in [9.17, 15) is 29.1 Å². The zero-order chi connectivity index (χ0) is 39.1. The fourth-order valence-corrected chi connectivity index (χ4v) is 14.6. The first-order chi connectivity index (χ1) is 26.1. The zero-order valence-electron chi connectivity index (χ0n) is 33.2. The highest BCUT2D eigenvalue weighted by Gasteiger charge is 2.70. The van der Waals surface area contributed by atoms with E-state index in [2.05, 4.69) is 26.2 Å². The summed E-state index contributed by atoms with van der Waals surface area (Å²) in [6.07, 6.45) is 20.8. The maximum atomic E-state index is 13.9. The number of allylic oxidation sites excluding steroid dienone is 7. The van der Waals surface area contributed by atoms with Crippen LogP contribution in [-0.4, -0.2) is 45.8 Å². The lowest BCUT2D eigenvalue weighted by atomic mass is 9.47. The molecule has 8 nitrogen and oxygen atoms in total.